The molecular weight excluding hydrogens is 212 g/mol. The van der Waals surface area contributed by atoms with Crippen LogP contribution in [-0.2, 0) is 0 Å². The van der Waals surface area contributed by atoms with Crippen molar-refractivity contribution in [3.63, 3.8) is 0 Å². The number of hydrogen-bond donors (Lipinski definition) is 1. The van der Waals surface area contributed by atoms with Gasteiger partial charge in [-0.3, -0.25) is 0 Å². The molecule has 1 aromatic carbocycles. The molecule has 4 heteroatoms. The van der Waals surface area contributed by atoms with Gasteiger partial charge in [-0.2, -0.15) is 0 Å². The third-order valence-electron chi connectivity index (χ3n) is 2.55. The standard InChI is InChI=1S/C13H16N4/c1-9-4-10(2)6-12(5-9)17(3)13-15-7-11(14)8-16-13/h4-8H,14H2,1-3H3. The minimum absolute atomic E-state index is 0.572. The average Bonchev–Trinajstić information content (AvgIpc) is 2.28. The summed E-state index contributed by atoms with van der Waals surface area (Å²) >= 11 is 0. The van der Waals surface area contributed by atoms with Crippen molar-refractivity contribution in [2.75, 3.05) is 17.7 Å². The van der Waals surface area contributed by atoms with E-state index in [1.165, 1.54) is 11.1 Å². The Labute approximate surface area is 101 Å². The van der Waals surface area contributed by atoms with Crippen molar-refractivity contribution in [1.29, 1.82) is 0 Å². The topological polar surface area (TPSA) is 55.0 Å². The van der Waals surface area contributed by atoms with Gasteiger partial charge in [-0.15, -0.1) is 0 Å². The number of anilines is 3. The Morgan fingerprint density at radius 2 is 1.53 bits per heavy atom. The highest BCUT2D eigenvalue weighted by molar-refractivity contribution is 5.59. The molecule has 4 nitrogen and oxygen atoms in total. The van der Waals surface area contributed by atoms with E-state index in [1.807, 2.05) is 11.9 Å². The number of aromatic nitrogens is 2. The van der Waals surface area contributed by atoms with E-state index in [0.717, 1.165) is 5.69 Å². The molecule has 0 unspecified atom stereocenters. The second-order valence-corrected chi connectivity index (χ2v) is 4.22. The Kier molecular flexibility index (Phi) is 2.95. The highest BCUT2D eigenvalue weighted by Gasteiger charge is 2.07. The van der Waals surface area contributed by atoms with Crippen LogP contribution in [0.5, 0.6) is 0 Å². The first kappa shape index (κ1) is 11.4. The van der Waals surface area contributed by atoms with E-state index in [0.29, 0.717) is 11.6 Å². The Morgan fingerprint density at radius 3 is 2.06 bits per heavy atom. The minimum Gasteiger partial charge on any atom is -0.396 e. The number of nitrogen functional groups attached to an aromatic ring is 1. The zero-order valence-corrected chi connectivity index (χ0v) is 10.3. The monoisotopic (exact) mass is 228 g/mol. The van der Waals surface area contributed by atoms with Gasteiger partial charge >= 0.3 is 0 Å². The molecule has 0 saturated carbocycles. The first-order chi connectivity index (χ1) is 8.06. The molecule has 0 aliphatic carbocycles. The van der Waals surface area contributed by atoms with Gasteiger partial charge in [0.2, 0.25) is 5.95 Å². The second-order valence-electron chi connectivity index (χ2n) is 4.22. The van der Waals surface area contributed by atoms with Crippen LogP contribution in [0.3, 0.4) is 0 Å². The quantitative estimate of drug-likeness (QED) is 0.857. The van der Waals surface area contributed by atoms with Crippen LogP contribution in [0.4, 0.5) is 17.3 Å². The zero-order valence-electron chi connectivity index (χ0n) is 10.3. The summed E-state index contributed by atoms with van der Waals surface area (Å²) in [7, 11) is 1.94. The number of nitrogens with two attached hydrogens (primary N) is 1. The van der Waals surface area contributed by atoms with Crippen molar-refractivity contribution in [3.8, 4) is 0 Å². The van der Waals surface area contributed by atoms with Gasteiger partial charge in [0.1, 0.15) is 0 Å². The summed E-state index contributed by atoms with van der Waals surface area (Å²) in [5.41, 5.74) is 9.67. The lowest BCUT2D eigenvalue weighted by molar-refractivity contribution is 1.04. The van der Waals surface area contributed by atoms with Crippen molar-refractivity contribution < 1.29 is 0 Å². The molecule has 88 valence electrons. The summed E-state index contributed by atoms with van der Waals surface area (Å²) in [5, 5.41) is 0. The van der Waals surface area contributed by atoms with E-state index in [9.17, 15) is 0 Å². The van der Waals surface area contributed by atoms with Crippen molar-refractivity contribution >= 4 is 17.3 Å². The largest absolute Gasteiger partial charge is 0.396 e. The minimum atomic E-state index is 0.572. The molecule has 0 aliphatic heterocycles. The molecule has 0 fully saturated rings. The summed E-state index contributed by atoms with van der Waals surface area (Å²) in [6, 6.07) is 6.35. The van der Waals surface area contributed by atoms with E-state index >= 15 is 0 Å². The van der Waals surface area contributed by atoms with Gasteiger partial charge in [0.15, 0.2) is 0 Å². The number of benzene rings is 1. The van der Waals surface area contributed by atoms with E-state index in [1.54, 1.807) is 12.4 Å². The average molecular weight is 228 g/mol. The van der Waals surface area contributed by atoms with Crippen LogP contribution in [0.2, 0.25) is 0 Å². The fourth-order valence-electron chi connectivity index (χ4n) is 1.76. The van der Waals surface area contributed by atoms with E-state index in [-0.39, 0.29) is 0 Å². The summed E-state index contributed by atoms with van der Waals surface area (Å²) in [5.74, 6) is 0.643. The van der Waals surface area contributed by atoms with Gasteiger partial charge in [0.25, 0.3) is 0 Å². The molecule has 2 rings (SSSR count). The summed E-state index contributed by atoms with van der Waals surface area (Å²) in [4.78, 5) is 10.4. The second kappa shape index (κ2) is 4.41. The Bertz CT molecular complexity index is 499. The number of aryl methyl sites for hydroxylation is 2. The molecule has 0 amide bonds. The molecular formula is C13H16N4. The summed E-state index contributed by atoms with van der Waals surface area (Å²) in [6.45, 7) is 4.16. The molecule has 17 heavy (non-hydrogen) atoms. The van der Waals surface area contributed by atoms with Crippen LogP contribution in [0.1, 0.15) is 11.1 Å². The van der Waals surface area contributed by atoms with Crippen LogP contribution in [-0.4, -0.2) is 17.0 Å². The highest BCUT2D eigenvalue weighted by atomic mass is 15.2. The van der Waals surface area contributed by atoms with Gasteiger partial charge in [0, 0.05) is 12.7 Å². The van der Waals surface area contributed by atoms with Crippen molar-refractivity contribution in [2.24, 2.45) is 0 Å². The maximum Gasteiger partial charge on any atom is 0.229 e. The smallest absolute Gasteiger partial charge is 0.229 e. The molecule has 0 bridgehead atoms. The van der Waals surface area contributed by atoms with Crippen molar-refractivity contribution in [2.45, 2.75) is 13.8 Å². The van der Waals surface area contributed by atoms with E-state index in [4.69, 9.17) is 5.73 Å². The van der Waals surface area contributed by atoms with Crippen LogP contribution in [0, 0.1) is 13.8 Å². The van der Waals surface area contributed by atoms with Crippen LogP contribution in [0.25, 0.3) is 0 Å². The SMILES string of the molecule is Cc1cc(C)cc(N(C)c2ncc(N)cn2)c1. The normalized spacial score (nSPS) is 10.3. The van der Waals surface area contributed by atoms with Gasteiger partial charge in [-0.05, 0) is 37.1 Å². The molecule has 2 N–H and O–H groups in total. The predicted octanol–water partition coefficient (Wildman–Crippen LogP) is 2.44. The molecule has 0 spiro atoms. The lowest BCUT2D eigenvalue weighted by atomic mass is 10.1. The third kappa shape index (κ3) is 2.53. The molecule has 0 saturated heterocycles. The maximum atomic E-state index is 5.57. The fraction of sp³-hybridized carbons (Fsp3) is 0.231. The van der Waals surface area contributed by atoms with Crippen LogP contribution >= 0.6 is 0 Å². The number of rotatable bonds is 2. The summed E-state index contributed by atoms with van der Waals surface area (Å²) < 4.78 is 0. The van der Waals surface area contributed by atoms with Gasteiger partial charge < -0.3 is 10.6 Å². The number of hydrogen-bond acceptors (Lipinski definition) is 4. The van der Waals surface area contributed by atoms with Gasteiger partial charge in [-0.1, -0.05) is 6.07 Å². The zero-order chi connectivity index (χ0) is 12.4. The first-order valence-electron chi connectivity index (χ1n) is 5.46. The van der Waals surface area contributed by atoms with E-state index in [2.05, 4.69) is 42.0 Å². The van der Waals surface area contributed by atoms with Gasteiger partial charge in [0.05, 0.1) is 18.1 Å². The Morgan fingerprint density at radius 1 is 1.00 bits per heavy atom. The lowest BCUT2D eigenvalue weighted by Crippen LogP contribution is -2.13. The first-order valence-corrected chi connectivity index (χ1v) is 5.46. The van der Waals surface area contributed by atoms with Gasteiger partial charge in [-0.25, -0.2) is 9.97 Å². The Balaban J connectivity index is 2.36. The maximum absolute atomic E-state index is 5.57. The van der Waals surface area contributed by atoms with E-state index < -0.39 is 0 Å². The van der Waals surface area contributed by atoms with Crippen molar-refractivity contribution in [3.05, 3.63) is 41.7 Å². The highest BCUT2D eigenvalue weighted by Crippen LogP contribution is 2.22. The number of nitrogens with zero attached hydrogens (tertiary/aromatic N) is 3. The molecule has 0 aliphatic rings. The van der Waals surface area contributed by atoms with Crippen LogP contribution in [0.15, 0.2) is 30.6 Å². The molecule has 0 atom stereocenters. The van der Waals surface area contributed by atoms with Crippen molar-refractivity contribution in [1.82, 2.24) is 9.97 Å². The van der Waals surface area contributed by atoms with Crippen LogP contribution < -0.4 is 10.6 Å². The molecule has 2 aromatic rings. The third-order valence-corrected chi connectivity index (χ3v) is 2.55. The fourth-order valence-corrected chi connectivity index (χ4v) is 1.76. The molecule has 0 radical (unpaired) electrons. The lowest BCUT2D eigenvalue weighted by Gasteiger charge is -2.18. The predicted molar refractivity (Wildman–Crippen MR) is 70.4 cm³/mol. The summed E-state index contributed by atoms with van der Waals surface area (Å²) in [6.07, 6.45) is 3.23. The molecule has 1 heterocycles. The Hall–Kier alpha value is -2.10. The molecule has 1 aromatic heterocycles.